The van der Waals surface area contributed by atoms with Gasteiger partial charge in [0.2, 0.25) is 0 Å². The number of carbonyl (C=O) groups is 3. The fourth-order valence-corrected chi connectivity index (χ4v) is 7.59. The number of ketones is 1. The number of aliphatic hydroxyl groups is 3. The van der Waals surface area contributed by atoms with E-state index in [2.05, 4.69) is 0 Å². The molecule has 0 unspecified atom stereocenters. The van der Waals surface area contributed by atoms with E-state index >= 15 is 0 Å². The first-order valence-corrected chi connectivity index (χ1v) is 13.2. The minimum Gasteiger partial charge on any atom is -0.454 e. The second-order valence-corrected chi connectivity index (χ2v) is 12.0. The van der Waals surface area contributed by atoms with Crippen LogP contribution in [0.5, 0.6) is 0 Å². The van der Waals surface area contributed by atoms with E-state index in [4.69, 9.17) is 9.47 Å². The summed E-state index contributed by atoms with van der Waals surface area (Å²) in [6, 6.07) is 0. The van der Waals surface area contributed by atoms with Crippen LogP contribution in [0.2, 0.25) is 0 Å². The van der Waals surface area contributed by atoms with E-state index < -0.39 is 76.3 Å². The molecule has 0 aromatic heterocycles. The summed E-state index contributed by atoms with van der Waals surface area (Å²) in [6.45, 7) is 12.0. The molecule has 4 aliphatic carbocycles. The molecule has 0 aromatic rings. The number of aliphatic hydroxyl groups excluding tert-OH is 1. The first-order valence-electron chi connectivity index (χ1n) is 13.2. The SMILES string of the molecule is C/C=C(\C)C(=O)O[C@@H]1[C@@H](C)[C@@]2(O)[C@@H](C=C(CO)C[C@]3(O)C(=O)C(C)=C[C@@H]23)[C@@H]2C(C)(C)[C@]12OC(=O)CCC. The molecule has 2 fully saturated rings. The van der Waals surface area contributed by atoms with Gasteiger partial charge in [-0.2, -0.15) is 0 Å². The van der Waals surface area contributed by atoms with Gasteiger partial charge in [-0.25, -0.2) is 4.79 Å². The van der Waals surface area contributed by atoms with Crippen LogP contribution in [0.25, 0.3) is 0 Å². The van der Waals surface area contributed by atoms with Gasteiger partial charge in [0.05, 0.1) is 12.2 Å². The highest BCUT2D eigenvalue weighted by Crippen LogP contribution is 2.77. The second kappa shape index (κ2) is 8.89. The monoisotopic (exact) mass is 516 g/mol. The molecule has 0 aliphatic heterocycles. The molecule has 4 rings (SSSR count). The van der Waals surface area contributed by atoms with Gasteiger partial charge in [-0.05, 0) is 38.3 Å². The Morgan fingerprint density at radius 2 is 1.86 bits per heavy atom. The normalized spacial score (nSPS) is 41.9. The summed E-state index contributed by atoms with van der Waals surface area (Å²) in [6.07, 6.45) is 4.61. The maximum absolute atomic E-state index is 13.2. The highest BCUT2D eigenvalue weighted by Gasteiger charge is 2.87. The summed E-state index contributed by atoms with van der Waals surface area (Å²) in [5.41, 5.74) is -4.46. The zero-order chi connectivity index (χ0) is 27.7. The number of ether oxygens (including phenoxy) is 2. The molecule has 8 atom stereocenters. The summed E-state index contributed by atoms with van der Waals surface area (Å²) >= 11 is 0. The minimum absolute atomic E-state index is 0.121. The zero-order valence-corrected chi connectivity index (χ0v) is 22.8. The van der Waals surface area contributed by atoms with Gasteiger partial charge in [-0.3, -0.25) is 9.59 Å². The number of allylic oxidation sites excluding steroid dienone is 1. The van der Waals surface area contributed by atoms with Crippen LogP contribution in [-0.2, 0) is 23.9 Å². The lowest BCUT2D eigenvalue weighted by Gasteiger charge is -2.53. The number of hydrogen-bond donors (Lipinski definition) is 3. The average Bonchev–Trinajstić information content (AvgIpc) is 3.26. The van der Waals surface area contributed by atoms with Gasteiger partial charge in [-0.1, -0.05) is 45.9 Å². The molecule has 0 aromatic carbocycles. The van der Waals surface area contributed by atoms with Gasteiger partial charge >= 0.3 is 11.9 Å². The van der Waals surface area contributed by atoms with Gasteiger partial charge in [0, 0.05) is 47.5 Å². The fraction of sp³-hybridized carbons (Fsp3) is 0.690. The largest absolute Gasteiger partial charge is 0.454 e. The minimum atomic E-state index is -1.94. The molecule has 4 aliphatic rings. The second-order valence-electron chi connectivity index (χ2n) is 12.0. The van der Waals surface area contributed by atoms with Crippen LogP contribution in [0.3, 0.4) is 0 Å². The maximum Gasteiger partial charge on any atom is 0.333 e. The van der Waals surface area contributed by atoms with Gasteiger partial charge < -0.3 is 24.8 Å². The molecule has 8 heteroatoms. The van der Waals surface area contributed by atoms with Crippen LogP contribution >= 0.6 is 0 Å². The predicted octanol–water partition coefficient (Wildman–Crippen LogP) is 2.80. The molecular formula is C29H40O8. The first-order chi connectivity index (χ1) is 17.2. The molecule has 0 amide bonds. The summed E-state index contributed by atoms with van der Waals surface area (Å²) in [4.78, 5) is 39.2. The Kier molecular flexibility index (Phi) is 6.66. The smallest absolute Gasteiger partial charge is 0.333 e. The van der Waals surface area contributed by atoms with Crippen molar-refractivity contribution in [3.8, 4) is 0 Å². The van der Waals surface area contributed by atoms with Crippen LogP contribution in [0, 0.1) is 29.1 Å². The molecule has 0 radical (unpaired) electrons. The Balaban J connectivity index is 1.94. The van der Waals surface area contributed by atoms with E-state index in [1.807, 2.05) is 20.8 Å². The van der Waals surface area contributed by atoms with Gasteiger partial charge in [0.15, 0.2) is 11.4 Å². The predicted molar refractivity (Wildman–Crippen MR) is 135 cm³/mol. The average molecular weight is 517 g/mol. The van der Waals surface area contributed by atoms with E-state index in [1.54, 1.807) is 45.9 Å². The molecular weight excluding hydrogens is 476 g/mol. The van der Waals surface area contributed by atoms with E-state index in [0.717, 1.165) is 0 Å². The highest BCUT2D eigenvalue weighted by molar-refractivity contribution is 6.04. The van der Waals surface area contributed by atoms with Gasteiger partial charge in [-0.15, -0.1) is 0 Å². The number of Topliss-reactive ketones (excluding diaryl/α,β-unsaturated/α-hetero) is 1. The first kappa shape index (κ1) is 27.7. The van der Waals surface area contributed by atoms with Crippen LogP contribution in [0.4, 0.5) is 0 Å². The Morgan fingerprint density at radius 1 is 1.22 bits per heavy atom. The molecule has 204 valence electrons. The molecule has 2 saturated carbocycles. The Bertz CT molecular complexity index is 1110. The van der Waals surface area contributed by atoms with Crippen molar-refractivity contribution in [1.29, 1.82) is 0 Å². The lowest BCUT2D eigenvalue weighted by atomic mass is 9.59. The Hall–Kier alpha value is -2.29. The van der Waals surface area contributed by atoms with Crippen molar-refractivity contribution in [2.75, 3.05) is 6.61 Å². The highest BCUT2D eigenvalue weighted by atomic mass is 16.6. The zero-order valence-electron chi connectivity index (χ0n) is 22.8. The van der Waals surface area contributed by atoms with Crippen LogP contribution in [0.1, 0.15) is 67.7 Å². The quantitative estimate of drug-likeness (QED) is 0.279. The van der Waals surface area contributed by atoms with Crippen LogP contribution in [-0.4, -0.2) is 62.6 Å². The standard InChI is InChI=1S/C29H40O8/c1-8-10-21(31)37-29-22(26(29,6)7)19-12-18(14-30)13-27(34)20(11-16(4)23(27)32)28(19,35)17(5)24(29)36-25(33)15(3)9-2/h9,11-12,17,19-20,22,24,30,34-35H,8,10,13-14H2,1-7H3/b15-9+/t17-,19+,20-,22-,24-,27-,28-,29-/m1/s1. The van der Waals surface area contributed by atoms with E-state index in [0.29, 0.717) is 23.1 Å². The van der Waals surface area contributed by atoms with Crippen LogP contribution < -0.4 is 0 Å². The van der Waals surface area contributed by atoms with Crippen molar-refractivity contribution in [3.63, 3.8) is 0 Å². The lowest BCUT2D eigenvalue weighted by molar-refractivity contribution is -0.227. The van der Waals surface area contributed by atoms with Crippen molar-refractivity contribution in [3.05, 3.63) is 34.9 Å². The fourth-order valence-electron chi connectivity index (χ4n) is 7.59. The molecule has 8 nitrogen and oxygen atoms in total. The number of rotatable bonds is 6. The van der Waals surface area contributed by atoms with Crippen molar-refractivity contribution in [2.24, 2.45) is 29.1 Å². The number of fused-ring (bicyclic) bond motifs is 5. The summed E-state index contributed by atoms with van der Waals surface area (Å²) < 4.78 is 12.3. The third-order valence-electron chi connectivity index (χ3n) is 9.68. The van der Waals surface area contributed by atoms with Crippen LogP contribution in [0.15, 0.2) is 34.9 Å². The van der Waals surface area contributed by atoms with Crippen molar-refractivity contribution >= 4 is 17.7 Å². The van der Waals surface area contributed by atoms with Crippen molar-refractivity contribution in [1.82, 2.24) is 0 Å². The number of carbonyl (C=O) groups excluding carboxylic acids is 3. The summed E-state index contributed by atoms with van der Waals surface area (Å²) in [7, 11) is 0. The topological polar surface area (TPSA) is 130 Å². The maximum atomic E-state index is 13.2. The van der Waals surface area contributed by atoms with Gasteiger partial charge in [0.25, 0.3) is 0 Å². The lowest BCUT2D eigenvalue weighted by Crippen LogP contribution is -2.66. The third kappa shape index (κ3) is 3.55. The molecule has 37 heavy (non-hydrogen) atoms. The molecule has 0 spiro atoms. The summed E-state index contributed by atoms with van der Waals surface area (Å²) in [5.74, 6) is -4.49. The molecule has 0 heterocycles. The van der Waals surface area contributed by atoms with E-state index in [9.17, 15) is 29.7 Å². The van der Waals surface area contributed by atoms with Crippen molar-refractivity contribution < 1.29 is 39.2 Å². The summed E-state index contributed by atoms with van der Waals surface area (Å²) in [5, 5.41) is 34.6. The Morgan fingerprint density at radius 3 is 2.43 bits per heavy atom. The molecule has 0 saturated heterocycles. The van der Waals surface area contributed by atoms with Gasteiger partial charge in [0.1, 0.15) is 11.7 Å². The number of esters is 2. The molecule has 0 bridgehead atoms. The third-order valence-corrected chi connectivity index (χ3v) is 9.68. The number of hydrogen-bond acceptors (Lipinski definition) is 8. The van der Waals surface area contributed by atoms with Crippen molar-refractivity contribution in [2.45, 2.75) is 90.6 Å². The van der Waals surface area contributed by atoms with E-state index in [1.165, 1.54) is 0 Å². The van der Waals surface area contributed by atoms with E-state index in [-0.39, 0.29) is 12.8 Å². The molecule has 3 N–H and O–H groups in total. The Labute approximate surface area is 218 Å².